The molecule has 9 nitrogen and oxygen atoms in total. The highest BCUT2D eigenvalue weighted by Crippen LogP contribution is 2.27. The molecule has 0 unspecified atom stereocenters. The third kappa shape index (κ3) is 3.84. The molecule has 0 aliphatic heterocycles. The van der Waals surface area contributed by atoms with Gasteiger partial charge < -0.3 is 0 Å². The fourth-order valence-corrected chi connectivity index (χ4v) is 2.44. The van der Waals surface area contributed by atoms with E-state index in [-0.39, 0.29) is 11.1 Å². The van der Waals surface area contributed by atoms with Gasteiger partial charge in [0.25, 0.3) is 17.4 Å². The second kappa shape index (κ2) is 7.13. The van der Waals surface area contributed by atoms with E-state index in [0.29, 0.717) is 5.39 Å². The van der Waals surface area contributed by atoms with Crippen LogP contribution >= 0.6 is 0 Å². The number of fused-ring (bicyclic) bond motifs is 1. The molecule has 0 spiro atoms. The lowest BCUT2D eigenvalue weighted by molar-refractivity contribution is -0.141. The first-order valence-corrected chi connectivity index (χ1v) is 7.82. The highest BCUT2D eigenvalue weighted by molar-refractivity contribution is 6.05. The van der Waals surface area contributed by atoms with E-state index in [4.69, 9.17) is 0 Å². The van der Waals surface area contributed by atoms with E-state index in [1.165, 1.54) is 19.2 Å². The number of benzene rings is 1. The average Bonchev–Trinajstić information content (AvgIpc) is 3.11. The zero-order valence-electron chi connectivity index (χ0n) is 14.3. The number of rotatable bonds is 3. The largest absolute Gasteiger partial charge is 0.435 e. The molecule has 0 saturated carbocycles. The number of hydrogen-bond acceptors (Lipinski definition) is 5. The van der Waals surface area contributed by atoms with Crippen LogP contribution < -0.4 is 16.4 Å². The number of alkyl halides is 3. The topological polar surface area (TPSA) is 111 Å². The summed E-state index contributed by atoms with van der Waals surface area (Å²) < 4.78 is 39.3. The number of hydrazine groups is 1. The first-order chi connectivity index (χ1) is 13.2. The molecule has 2 heterocycles. The lowest BCUT2D eigenvalue weighted by Crippen LogP contribution is -2.44. The van der Waals surface area contributed by atoms with Gasteiger partial charge >= 0.3 is 6.18 Å². The van der Waals surface area contributed by atoms with E-state index in [2.05, 4.69) is 21.0 Å². The molecule has 1 aromatic carbocycles. The first kappa shape index (κ1) is 19.1. The normalized spacial score (nSPS) is 11.4. The van der Waals surface area contributed by atoms with Crippen molar-refractivity contribution >= 4 is 22.6 Å². The molecule has 0 atom stereocenters. The Labute approximate surface area is 154 Å². The van der Waals surface area contributed by atoms with Gasteiger partial charge in [0.15, 0.2) is 11.4 Å². The minimum Gasteiger partial charge on any atom is -0.271 e. The smallest absolute Gasteiger partial charge is 0.271 e. The van der Waals surface area contributed by atoms with Crippen LogP contribution in [0.4, 0.5) is 13.2 Å². The Bertz CT molecular complexity index is 1120. The summed E-state index contributed by atoms with van der Waals surface area (Å²) in [7, 11) is 1.38. The van der Waals surface area contributed by atoms with Crippen molar-refractivity contribution in [3.8, 4) is 0 Å². The number of halogens is 3. The van der Waals surface area contributed by atoms with Crippen molar-refractivity contribution in [3.63, 3.8) is 0 Å². The third-order valence-electron chi connectivity index (χ3n) is 3.72. The molecule has 0 radical (unpaired) electrons. The number of carbonyl (C=O) groups excluding carboxylic acids is 2. The van der Waals surface area contributed by atoms with Crippen LogP contribution in [0.25, 0.3) is 10.8 Å². The van der Waals surface area contributed by atoms with Gasteiger partial charge in [-0.2, -0.15) is 23.4 Å². The van der Waals surface area contributed by atoms with Crippen molar-refractivity contribution in [3.05, 3.63) is 58.3 Å². The molecular weight excluding hydrogens is 381 g/mol. The lowest BCUT2D eigenvalue weighted by Gasteiger charge is -2.10. The van der Waals surface area contributed by atoms with Crippen LogP contribution in [0.15, 0.2) is 41.3 Å². The number of hydrogen-bond donors (Lipinski definition) is 2. The molecule has 0 bridgehead atoms. The van der Waals surface area contributed by atoms with Crippen LogP contribution in [0.5, 0.6) is 0 Å². The van der Waals surface area contributed by atoms with Gasteiger partial charge in [0.1, 0.15) is 6.54 Å². The summed E-state index contributed by atoms with van der Waals surface area (Å²) in [5.41, 5.74) is 2.56. The van der Waals surface area contributed by atoms with Gasteiger partial charge in [-0.15, -0.1) is 0 Å². The van der Waals surface area contributed by atoms with Gasteiger partial charge in [-0.1, -0.05) is 18.2 Å². The zero-order valence-corrected chi connectivity index (χ0v) is 14.3. The summed E-state index contributed by atoms with van der Waals surface area (Å²) in [6, 6.07) is 7.04. The molecule has 3 rings (SSSR count). The molecule has 3 aromatic rings. The molecule has 0 aliphatic rings. The number of carbonyl (C=O) groups is 2. The molecular formula is C16H13F3N6O3. The van der Waals surface area contributed by atoms with Crippen LogP contribution in [-0.4, -0.2) is 31.4 Å². The van der Waals surface area contributed by atoms with Crippen LogP contribution in [-0.2, 0) is 24.6 Å². The van der Waals surface area contributed by atoms with Crippen molar-refractivity contribution in [1.82, 2.24) is 30.4 Å². The highest BCUT2D eigenvalue weighted by Gasteiger charge is 2.33. The zero-order chi connectivity index (χ0) is 20.5. The Kier molecular flexibility index (Phi) is 4.86. The van der Waals surface area contributed by atoms with E-state index in [9.17, 15) is 27.6 Å². The Morgan fingerprint density at radius 2 is 1.75 bits per heavy atom. The van der Waals surface area contributed by atoms with Crippen LogP contribution in [0.1, 0.15) is 16.2 Å². The van der Waals surface area contributed by atoms with Crippen molar-refractivity contribution in [2.75, 3.05) is 0 Å². The van der Waals surface area contributed by atoms with Gasteiger partial charge in [0.05, 0.1) is 5.39 Å². The van der Waals surface area contributed by atoms with E-state index in [1.807, 2.05) is 0 Å². The van der Waals surface area contributed by atoms with Gasteiger partial charge in [-0.25, -0.2) is 4.68 Å². The van der Waals surface area contributed by atoms with Gasteiger partial charge in [0, 0.05) is 18.6 Å². The highest BCUT2D eigenvalue weighted by atomic mass is 19.4. The van der Waals surface area contributed by atoms with Gasteiger partial charge in [-0.3, -0.25) is 29.9 Å². The van der Waals surface area contributed by atoms with E-state index in [1.54, 1.807) is 12.1 Å². The van der Waals surface area contributed by atoms with E-state index < -0.39 is 35.8 Å². The Morgan fingerprint density at radius 3 is 2.39 bits per heavy atom. The molecule has 0 aliphatic carbocycles. The maximum atomic E-state index is 12.5. The second-order valence-corrected chi connectivity index (χ2v) is 5.72. The molecule has 0 saturated heterocycles. The minimum absolute atomic E-state index is 0.101. The number of nitrogens with zero attached hydrogens (tertiary/aromatic N) is 4. The summed E-state index contributed by atoms with van der Waals surface area (Å²) in [6.07, 6.45) is -3.63. The van der Waals surface area contributed by atoms with Crippen LogP contribution in [0.3, 0.4) is 0 Å². The number of amides is 2. The SMILES string of the molecule is Cn1nc(C(=O)NNC(=O)Cn2ccc(C(F)(F)F)n2)c2ccccc2c1=O. The Hall–Kier alpha value is -3.70. The minimum atomic E-state index is -4.62. The summed E-state index contributed by atoms with van der Waals surface area (Å²) in [5, 5.41) is 7.69. The predicted molar refractivity (Wildman–Crippen MR) is 89.8 cm³/mol. The second-order valence-electron chi connectivity index (χ2n) is 5.72. The van der Waals surface area contributed by atoms with Crippen molar-refractivity contribution in [2.24, 2.45) is 7.05 Å². The quantitative estimate of drug-likeness (QED) is 0.633. The monoisotopic (exact) mass is 394 g/mol. The fraction of sp³-hybridized carbons (Fsp3) is 0.188. The predicted octanol–water partition coefficient (Wildman–Crippen LogP) is 0.610. The van der Waals surface area contributed by atoms with Crippen LogP contribution in [0.2, 0.25) is 0 Å². The lowest BCUT2D eigenvalue weighted by atomic mass is 10.1. The van der Waals surface area contributed by atoms with Gasteiger partial charge in [-0.05, 0) is 12.1 Å². The molecule has 2 amide bonds. The number of aryl methyl sites for hydroxylation is 1. The standard InChI is InChI=1S/C16H13F3N6O3/c1-24-15(28)10-5-3-2-4-9(10)13(23-24)14(27)21-20-12(26)8-25-7-6-11(22-25)16(17,18)19/h2-7H,8H2,1H3,(H,20,26)(H,21,27). The third-order valence-corrected chi connectivity index (χ3v) is 3.72. The number of aromatic nitrogens is 4. The van der Waals surface area contributed by atoms with Crippen molar-refractivity contribution < 1.29 is 22.8 Å². The van der Waals surface area contributed by atoms with Gasteiger partial charge in [0.2, 0.25) is 0 Å². The molecule has 146 valence electrons. The summed E-state index contributed by atoms with van der Waals surface area (Å²) in [5.74, 6) is -1.60. The Morgan fingerprint density at radius 1 is 1.07 bits per heavy atom. The average molecular weight is 394 g/mol. The summed E-state index contributed by atoms with van der Waals surface area (Å²) in [4.78, 5) is 36.2. The van der Waals surface area contributed by atoms with E-state index in [0.717, 1.165) is 21.6 Å². The molecule has 0 fully saturated rings. The van der Waals surface area contributed by atoms with Crippen LogP contribution in [0, 0.1) is 0 Å². The molecule has 28 heavy (non-hydrogen) atoms. The molecule has 2 N–H and O–H groups in total. The Balaban J connectivity index is 1.70. The fourth-order valence-electron chi connectivity index (χ4n) is 2.44. The van der Waals surface area contributed by atoms with Crippen molar-refractivity contribution in [1.29, 1.82) is 0 Å². The number of nitrogens with one attached hydrogen (secondary N) is 2. The van der Waals surface area contributed by atoms with Crippen molar-refractivity contribution in [2.45, 2.75) is 12.7 Å². The molecule has 2 aromatic heterocycles. The maximum absolute atomic E-state index is 12.5. The maximum Gasteiger partial charge on any atom is 0.435 e. The first-order valence-electron chi connectivity index (χ1n) is 7.82. The summed E-state index contributed by atoms with van der Waals surface area (Å²) in [6.45, 7) is -0.544. The van der Waals surface area contributed by atoms with E-state index >= 15 is 0 Å². The molecule has 12 heteroatoms. The summed E-state index contributed by atoms with van der Waals surface area (Å²) >= 11 is 0.